The lowest BCUT2D eigenvalue weighted by atomic mass is 10.1. The number of hydrogen-bond acceptors (Lipinski definition) is 2. The molecule has 0 aromatic heterocycles. The van der Waals surface area contributed by atoms with Crippen molar-refractivity contribution in [3.63, 3.8) is 0 Å². The average Bonchev–Trinajstić information content (AvgIpc) is 3.09. The minimum Gasteiger partial charge on any atom is -0.497 e. The lowest BCUT2D eigenvalue weighted by molar-refractivity contribution is 0.413. The number of allylic oxidation sites excluding steroid dienone is 1. The van der Waals surface area contributed by atoms with Gasteiger partial charge >= 0.3 is 0 Å². The van der Waals surface area contributed by atoms with Gasteiger partial charge in [-0.15, -0.1) is 0 Å². The van der Waals surface area contributed by atoms with E-state index in [1.54, 1.807) is 19.2 Å². The molecule has 0 atom stereocenters. The highest BCUT2D eigenvalue weighted by Crippen LogP contribution is 2.38. The minimum absolute atomic E-state index is 0.246. The van der Waals surface area contributed by atoms with Crippen molar-refractivity contribution in [3.05, 3.63) is 33.6 Å². The monoisotopic (exact) mass is 285 g/mol. The quantitative estimate of drug-likeness (QED) is 0.920. The van der Waals surface area contributed by atoms with Gasteiger partial charge in [0, 0.05) is 18.3 Å². The molecule has 1 aliphatic carbocycles. The standard InChI is InChI=1S/C12H13BrFNO/c1-15-12(7-3-4-7)9-5-8(16-2)6-10(13)11(9)14/h5-6,15H,3-4H2,1-2H3. The molecule has 16 heavy (non-hydrogen) atoms. The summed E-state index contributed by atoms with van der Waals surface area (Å²) in [4.78, 5) is 0. The Hall–Kier alpha value is -1.03. The zero-order chi connectivity index (χ0) is 11.7. The molecule has 0 saturated heterocycles. The van der Waals surface area contributed by atoms with E-state index >= 15 is 0 Å². The second-order valence-corrected chi connectivity index (χ2v) is 4.55. The number of ether oxygens (including phenoxy) is 1. The second-order valence-electron chi connectivity index (χ2n) is 3.70. The van der Waals surface area contributed by atoms with Crippen LogP contribution >= 0.6 is 15.9 Å². The molecule has 1 aliphatic rings. The van der Waals surface area contributed by atoms with Crippen molar-refractivity contribution >= 4 is 21.6 Å². The highest BCUT2D eigenvalue weighted by molar-refractivity contribution is 9.10. The van der Waals surface area contributed by atoms with Crippen molar-refractivity contribution in [2.45, 2.75) is 12.8 Å². The number of halogens is 2. The van der Waals surface area contributed by atoms with Crippen LogP contribution in [0.4, 0.5) is 4.39 Å². The van der Waals surface area contributed by atoms with Crippen LogP contribution in [-0.2, 0) is 0 Å². The first-order valence-corrected chi connectivity index (χ1v) is 5.90. The zero-order valence-electron chi connectivity index (χ0n) is 9.23. The molecule has 0 amide bonds. The van der Waals surface area contributed by atoms with Gasteiger partial charge in [0.1, 0.15) is 11.6 Å². The molecular formula is C12H13BrFNO. The topological polar surface area (TPSA) is 21.3 Å². The van der Waals surface area contributed by atoms with Crippen LogP contribution in [0.25, 0.3) is 5.70 Å². The maximum absolute atomic E-state index is 14.0. The van der Waals surface area contributed by atoms with E-state index < -0.39 is 0 Å². The van der Waals surface area contributed by atoms with E-state index in [-0.39, 0.29) is 5.82 Å². The highest BCUT2D eigenvalue weighted by atomic mass is 79.9. The SMILES string of the molecule is CNC(=C1CC1)c1cc(OC)cc(Br)c1F. The van der Waals surface area contributed by atoms with Gasteiger partial charge in [-0.3, -0.25) is 0 Å². The molecule has 0 aliphatic heterocycles. The van der Waals surface area contributed by atoms with Crippen molar-refractivity contribution in [1.82, 2.24) is 5.32 Å². The largest absolute Gasteiger partial charge is 0.497 e. The van der Waals surface area contributed by atoms with Crippen molar-refractivity contribution in [1.29, 1.82) is 0 Å². The molecule has 1 fully saturated rings. The van der Waals surface area contributed by atoms with E-state index in [2.05, 4.69) is 21.2 Å². The van der Waals surface area contributed by atoms with E-state index in [0.29, 0.717) is 15.8 Å². The Labute approximate surface area is 103 Å². The number of rotatable bonds is 3. The molecule has 0 radical (unpaired) electrons. The van der Waals surface area contributed by atoms with E-state index in [4.69, 9.17) is 4.74 Å². The molecule has 0 bridgehead atoms. The molecular weight excluding hydrogens is 273 g/mol. The van der Waals surface area contributed by atoms with Gasteiger partial charge in [-0.25, -0.2) is 4.39 Å². The fourth-order valence-electron chi connectivity index (χ4n) is 1.68. The minimum atomic E-state index is -0.246. The van der Waals surface area contributed by atoms with Gasteiger partial charge in [-0.2, -0.15) is 0 Å². The highest BCUT2D eigenvalue weighted by Gasteiger charge is 2.22. The second kappa shape index (κ2) is 4.45. The van der Waals surface area contributed by atoms with Crippen LogP contribution in [0, 0.1) is 5.82 Å². The molecule has 1 N–H and O–H groups in total. The van der Waals surface area contributed by atoms with Crippen molar-refractivity contribution < 1.29 is 9.13 Å². The van der Waals surface area contributed by atoms with Crippen LogP contribution < -0.4 is 10.1 Å². The Morgan fingerprint density at radius 2 is 2.12 bits per heavy atom. The molecule has 2 nitrogen and oxygen atoms in total. The van der Waals surface area contributed by atoms with Crippen LogP contribution in [0.5, 0.6) is 5.75 Å². The Morgan fingerprint density at radius 1 is 1.44 bits per heavy atom. The Bertz CT molecular complexity index is 451. The maximum Gasteiger partial charge on any atom is 0.146 e. The fraction of sp³-hybridized carbons (Fsp3) is 0.333. The summed E-state index contributed by atoms with van der Waals surface area (Å²) in [5.41, 5.74) is 2.72. The normalized spacial score (nSPS) is 13.6. The van der Waals surface area contributed by atoms with Crippen LogP contribution in [-0.4, -0.2) is 14.2 Å². The summed E-state index contributed by atoms with van der Waals surface area (Å²) in [5.74, 6) is 0.404. The molecule has 1 saturated carbocycles. The maximum atomic E-state index is 14.0. The van der Waals surface area contributed by atoms with Crippen LogP contribution in [0.3, 0.4) is 0 Å². The van der Waals surface area contributed by atoms with E-state index in [0.717, 1.165) is 18.5 Å². The molecule has 0 spiro atoms. The van der Waals surface area contributed by atoms with Gasteiger partial charge in [0.05, 0.1) is 11.6 Å². The molecule has 2 rings (SSSR count). The summed E-state index contributed by atoms with van der Waals surface area (Å²) in [7, 11) is 3.39. The fourth-order valence-corrected chi connectivity index (χ4v) is 2.12. The summed E-state index contributed by atoms with van der Waals surface area (Å²) in [5, 5.41) is 3.06. The predicted molar refractivity (Wildman–Crippen MR) is 65.9 cm³/mol. The summed E-state index contributed by atoms with van der Waals surface area (Å²) in [6, 6.07) is 3.35. The van der Waals surface area contributed by atoms with E-state index in [1.807, 2.05) is 7.05 Å². The van der Waals surface area contributed by atoms with Crippen LogP contribution in [0.15, 0.2) is 22.2 Å². The molecule has 0 heterocycles. The first-order chi connectivity index (χ1) is 7.67. The lowest BCUT2D eigenvalue weighted by Crippen LogP contribution is -2.07. The number of methoxy groups -OCH3 is 1. The van der Waals surface area contributed by atoms with Gasteiger partial charge in [0.15, 0.2) is 0 Å². The Morgan fingerprint density at radius 3 is 2.62 bits per heavy atom. The van der Waals surface area contributed by atoms with Gasteiger partial charge in [-0.1, -0.05) is 0 Å². The van der Waals surface area contributed by atoms with Crippen molar-refractivity contribution in [3.8, 4) is 5.75 Å². The van der Waals surface area contributed by atoms with Gasteiger partial charge in [-0.05, 0) is 46.5 Å². The average molecular weight is 286 g/mol. The molecule has 1 aromatic rings. The van der Waals surface area contributed by atoms with Crippen LogP contribution in [0.1, 0.15) is 18.4 Å². The number of nitrogens with one attached hydrogen (secondary N) is 1. The summed E-state index contributed by atoms with van der Waals surface area (Å²) in [6.07, 6.45) is 2.09. The van der Waals surface area contributed by atoms with Crippen molar-refractivity contribution in [2.24, 2.45) is 0 Å². The Balaban J connectivity index is 2.54. The van der Waals surface area contributed by atoms with Crippen molar-refractivity contribution in [2.75, 3.05) is 14.2 Å². The van der Waals surface area contributed by atoms with E-state index in [1.165, 1.54) is 5.57 Å². The molecule has 0 unspecified atom stereocenters. The lowest BCUT2D eigenvalue weighted by Gasteiger charge is -2.11. The zero-order valence-corrected chi connectivity index (χ0v) is 10.8. The third kappa shape index (κ3) is 2.07. The predicted octanol–water partition coefficient (Wildman–Crippen LogP) is 3.32. The first-order valence-electron chi connectivity index (χ1n) is 5.10. The van der Waals surface area contributed by atoms with Gasteiger partial charge in [0.25, 0.3) is 0 Å². The summed E-state index contributed by atoms with van der Waals surface area (Å²) < 4.78 is 19.5. The third-order valence-corrected chi connectivity index (χ3v) is 3.19. The third-order valence-electron chi connectivity index (χ3n) is 2.61. The first kappa shape index (κ1) is 11.5. The summed E-state index contributed by atoms with van der Waals surface area (Å²) in [6.45, 7) is 0. The number of benzene rings is 1. The van der Waals surface area contributed by atoms with Gasteiger partial charge in [0.2, 0.25) is 0 Å². The summed E-state index contributed by atoms with van der Waals surface area (Å²) >= 11 is 3.20. The molecule has 86 valence electrons. The number of hydrogen-bond donors (Lipinski definition) is 1. The molecule has 4 heteroatoms. The van der Waals surface area contributed by atoms with E-state index in [9.17, 15) is 4.39 Å². The smallest absolute Gasteiger partial charge is 0.146 e. The van der Waals surface area contributed by atoms with Crippen LogP contribution in [0.2, 0.25) is 0 Å². The van der Waals surface area contributed by atoms with Gasteiger partial charge < -0.3 is 10.1 Å². The Kier molecular flexibility index (Phi) is 3.19. The molecule has 1 aromatic carbocycles.